The molecule has 1 amide bonds. The molecule has 4 N–H and O–H groups in total. The molecule has 0 saturated heterocycles. The number of nitrogen functional groups attached to an aromatic ring is 1. The Bertz CT molecular complexity index is 931. The summed E-state index contributed by atoms with van der Waals surface area (Å²) in [6.45, 7) is 1.60. The first kappa shape index (κ1) is 20.7. The van der Waals surface area contributed by atoms with Gasteiger partial charge in [-0.1, -0.05) is 12.1 Å². The van der Waals surface area contributed by atoms with Crippen molar-refractivity contribution in [2.45, 2.75) is 44.4 Å². The molecule has 0 bridgehead atoms. The second-order valence-corrected chi connectivity index (χ2v) is 7.11. The van der Waals surface area contributed by atoms with Crippen molar-refractivity contribution in [1.82, 2.24) is 5.32 Å². The molecule has 154 valence electrons. The second kappa shape index (κ2) is 8.57. The number of nitrogens with one attached hydrogen (secondary N) is 1. The van der Waals surface area contributed by atoms with Crippen molar-refractivity contribution in [2.75, 3.05) is 5.73 Å². The molecule has 29 heavy (non-hydrogen) atoms. The van der Waals surface area contributed by atoms with Crippen LogP contribution in [0.1, 0.15) is 36.5 Å². The van der Waals surface area contributed by atoms with E-state index in [9.17, 15) is 23.5 Å². The van der Waals surface area contributed by atoms with Crippen molar-refractivity contribution in [3.63, 3.8) is 0 Å². The Kier molecular flexibility index (Phi) is 6.12. The van der Waals surface area contributed by atoms with E-state index >= 15 is 0 Å². The molecule has 3 rings (SSSR count). The summed E-state index contributed by atoms with van der Waals surface area (Å²) in [7, 11) is 0. The molecule has 0 aromatic heterocycles. The van der Waals surface area contributed by atoms with Crippen LogP contribution in [0.5, 0.6) is 0 Å². The number of benzene rings is 2. The smallest absolute Gasteiger partial charge is 0.328 e. The van der Waals surface area contributed by atoms with Crippen molar-refractivity contribution in [1.29, 1.82) is 0 Å². The SMILES string of the molecule is C[C@@H](OC1CCC1)[C@H](NC(=O)c1ccc(-c2ccc(F)c(F)c2)cc1N)C(=O)O. The van der Waals surface area contributed by atoms with Gasteiger partial charge in [0.1, 0.15) is 0 Å². The van der Waals surface area contributed by atoms with Gasteiger partial charge in [0, 0.05) is 5.69 Å². The molecule has 1 aliphatic carbocycles. The van der Waals surface area contributed by atoms with Crippen molar-refractivity contribution in [2.24, 2.45) is 0 Å². The van der Waals surface area contributed by atoms with Crippen LogP contribution in [-0.2, 0) is 9.53 Å². The highest BCUT2D eigenvalue weighted by Gasteiger charge is 2.31. The number of aliphatic carboxylic acids is 1. The van der Waals surface area contributed by atoms with Crippen molar-refractivity contribution < 1.29 is 28.2 Å². The van der Waals surface area contributed by atoms with Crippen LogP contribution in [0.3, 0.4) is 0 Å². The molecule has 1 aliphatic rings. The summed E-state index contributed by atoms with van der Waals surface area (Å²) in [5.41, 5.74) is 7.02. The zero-order valence-electron chi connectivity index (χ0n) is 15.8. The lowest BCUT2D eigenvalue weighted by atomic mass is 9.95. The van der Waals surface area contributed by atoms with Crippen LogP contribution < -0.4 is 11.1 Å². The zero-order chi connectivity index (χ0) is 21.1. The lowest BCUT2D eigenvalue weighted by Crippen LogP contribution is -2.50. The van der Waals surface area contributed by atoms with E-state index in [4.69, 9.17) is 10.5 Å². The zero-order valence-corrected chi connectivity index (χ0v) is 15.8. The summed E-state index contributed by atoms with van der Waals surface area (Å²) in [4.78, 5) is 24.2. The van der Waals surface area contributed by atoms with E-state index in [1.165, 1.54) is 24.3 Å². The van der Waals surface area contributed by atoms with E-state index in [1.807, 2.05) is 0 Å². The number of hydrogen-bond acceptors (Lipinski definition) is 4. The molecule has 2 aromatic rings. The number of nitrogens with two attached hydrogens (primary N) is 1. The summed E-state index contributed by atoms with van der Waals surface area (Å²) < 4.78 is 32.2. The maximum atomic E-state index is 13.4. The summed E-state index contributed by atoms with van der Waals surface area (Å²) in [5, 5.41) is 11.9. The van der Waals surface area contributed by atoms with Crippen molar-refractivity contribution in [3.8, 4) is 11.1 Å². The van der Waals surface area contributed by atoms with E-state index in [2.05, 4.69) is 5.32 Å². The third-order valence-corrected chi connectivity index (χ3v) is 5.03. The number of carboxylic acids is 1. The van der Waals surface area contributed by atoms with Crippen LogP contribution in [0, 0.1) is 11.6 Å². The number of anilines is 1. The van der Waals surface area contributed by atoms with Crippen LogP contribution in [0.4, 0.5) is 14.5 Å². The monoisotopic (exact) mass is 404 g/mol. The molecule has 8 heteroatoms. The lowest BCUT2D eigenvalue weighted by Gasteiger charge is -2.31. The Labute approximate surface area is 166 Å². The third kappa shape index (κ3) is 4.71. The van der Waals surface area contributed by atoms with Gasteiger partial charge in [-0.05, 0) is 61.6 Å². The van der Waals surface area contributed by atoms with Crippen molar-refractivity contribution >= 4 is 17.6 Å². The number of ether oxygens (including phenoxy) is 1. The van der Waals surface area contributed by atoms with Gasteiger partial charge in [-0.3, -0.25) is 4.79 Å². The van der Waals surface area contributed by atoms with Gasteiger partial charge in [0.05, 0.1) is 17.8 Å². The average Bonchev–Trinajstić information content (AvgIpc) is 2.64. The first-order valence-electron chi connectivity index (χ1n) is 9.30. The molecule has 0 unspecified atom stereocenters. The van der Waals surface area contributed by atoms with Crippen LogP contribution >= 0.6 is 0 Å². The fourth-order valence-corrected chi connectivity index (χ4v) is 3.11. The second-order valence-electron chi connectivity index (χ2n) is 7.11. The highest BCUT2D eigenvalue weighted by molar-refractivity contribution is 6.01. The minimum absolute atomic E-state index is 0.0178. The van der Waals surface area contributed by atoms with E-state index < -0.39 is 35.7 Å². The fourth-order valence-electron chi connectivity index (χ4n) is 3.11. The molecule has 0 radical (unpaired) electrons. The minimum atomic E-state index is -1.23. The van der Waals surface area contributed by atoms with Gasteiger partial charge in [-0.2, -0.15) is 0 Å². The first-order valence-corrected chi connectivity index (χ1v) is 9.30. The standard InChI is InChI=1S/C21H22F2N2O4/c1-11(29-14-3-2-4-14)19(21(27)28)25-20(26)15-7-5-13(10-18(15)24)12-6-8-16(22)17(23)9-12/h5-11,14,19H,2-4,24H2,1H3,(H,25,26)(H,27,28)/t11-,19+/m1/s1. The van der Waals surface area contributed by atoms with Gasteiger partial charge in [0.2, 0.25) is 0 Å². The number of rotatable bonds is 7. The van der Waals surface area contributed by atoms with Gasteiger partial charge >= 0.3 is 5.97 Å². The Morgan fingerprint density at radius 2 is 1.79 bits per heavy atom. The van der Waals surface area contributed by atoms with E-state index in [0.717, 1.165) is 31.4 Å². The number of carboxylic acid groups (broad SMARTS) is 1. The van der Waals surface area contributed by atoms with Crippen LogP contribution in [0.15, 0.2) is 36.4 Å². The molecule has 1 fully saturated rings. The molecule has 2 aromatic carbocycles. The van der Waals surface area contributed by atoms with Gasteiger partial charge in [-0.25, -0.2) is 13.6 Å². The predicted molar refractivity (Wildman–Crippen MR) is 103 cm³/mol. The number of halogens is 2. The third-order valence-electron chi connectivity index (χ3n) is 5.03. The largest absolute Gasteiger partial charge is 0.480 e. The number of amides is 1. The highest BCUT2D eigenvalue weighted by Crippen LogP contribution is 2.26. The fraction of sp³-hybridized carbons (Fsp3) is 0.333. The van der Waals surface area contributed by atoms with Crippen LogP contribution in [0.2, 0.25) is 0 Å². The van der Waals surface area contributed by atoms with Gasteiger partial charge in [0.15, 0.2) is 17.7 Å². The summed E-state index contributed by atoms with van der Waals surface area (Å²) in [6.07, 6.45) is 2.11. The molecule has 2 atom stereocenters. The van der Waals surface area contributed by atoms with E-state index in [1.54, 1.807) is 6.92 Å². The number of hydrogen-bond donors (Lipinski definition) is 3. The molecule has 0 aliphatic heterocycles. The highest BCUT2D eigenvalue weighted by atomic mass is 19.2. The maximum absolute atomic E-state index is 13.4. The van der Waals surface area contributed by atoms with Crippen LogP contribution in [0.25, 0.3) is 11.1 Å². The molecule has 0 heterocycles. The molecular formula is C21H22F2N2O4. The molecule has 0 spiro atoms. The lowest BCUT2D eigenvalue weighted by molar-refractivity contribution is -0.146. The Morgan fingerprint density at radius 3 is 2.34 bits per heavy atom. The summed E-state index contributed by atoms with van der Waals surface area (Å²) >= 11 is 0. The van der Waals surface area contributed by atoms with Crippen LogP contribution in [-0.4, -0.2) is 35.2 Å². The molecular weight excluding hydrogens is 382 g/mol. The molecule has 1 saturated carbocycles. The van der Waals surface area contributed by atoms with Gasteiger partial charge in [0.25, 0.3) is 5.91 Å². The van der Waals surface area contributed by atoms with Gasteiger partial charge < -0.3 is 20.9 Å². The molecule has 6 nitrogen and oxygen atoms in total. The predicted octanol–water partition coefficient (Wildman–Crippen LogP) is 3.35. The Morgan fingerprint density at radius 1 is 1.14 bits per heavy atom. The van der Waals surface area contributed by atoms with E-state index in [0.29, 0.717) is 11.1 Å². The topological polar surface area (TPSA) is 102 Å². The summed E-state index contributed by atoms with van der Waals surface area (Å²) in [5.74, 6) is -3.82. The average molecular weight is 404 g/mol. The van der Waals surface area contributed by atoms with Gasteiger partial charge in [-0.15, -0.1) is 0 Å². The van der Waals surface area contributed by atoms with Crippen molar-refractivity contribution in [3.05, 3.63) is 53.6 Å². The summed E-state index contributed by atoms with van der Waals surface area (Å²) in [6, 6.07) is 6.60. The minimum Gasteiger partial charge on any atom is -0.480 e. The number of carbonyl (C=O) groups excluding carboxylic acids is 1. The normalized spacial score (nSPS) is 16.0. The maximum Gasteiger partial charge on any atom is 0.328 e. The Balaban J connectivity index is 1.75. The number of carbonyl (C=O) groups is 2. The quantitative estimate of drug-likeness (QED) is 0.615. The Hall–Kier alpha value is -3.00. The van der Waals surface area contributed by atoms with E-state index in [-0.39, 0.29) is 17.4 Å². The first-order chi connectivity index (χ1) is 13.8.